The summed E-state index contributed by atoms with van der Waals surface area (Å²) in [5.74, 6) is -1.22. The van der Waals surface area contributed by atoms with Crippen LogP contribution in [0.3, 0.4) is 0 Å². The molecule has 6 heteroatoms. The molecule has 1 aromatic carbocycles. The monoisotopic (exact) mass is 243 g/mol. The number of aryl methyl sites for hydroxylation is 2. The lowest BCUT2D eigenvalue weighted by Gasteiger charge is -2.06. The summed E-state index contributed by atoms with van der Waals surface area (Å²) in [5.41, 5.74) is 1.83. The minimum Gasteiger partial charge on any atom is -0.480 e. The summed E-state index contributed by atoms with van der Waals surface area (Å²) in [4.78, 5) is 10.4. The summed E-state index contributed by atoms with van der Waals surface area (Å²) in [7, 11) is -3.73. The Hall–Kier alpha value is -1.40. The molecule has 0 aliphatic heterocycles. The topological polar surface area (TPSA) is 83.5 Å². The normalized spacial score (nSPS) is 11.4. The SMILES string of the molecule is Cc1ccc(S(=O)(=O)NCC(=O)O)cc1C. The van der Waals surface area contributed by atoms with Gasteiger partial charge in [0.25, 0.3) is 0 Å². The Bertz CT molecular complexity index is 508. The van der Waals surface area contributed by atoms with Crippen molar-refractivity contribution in [3.63, 3.8) is 0 Å². The maximum atomic E-state index is 11.6. The van der Waals surface area contributed by atoms with Gasteiger partial charge in [-0.2, -0.15) is 4.72 Å². The number of hydrogen-bond donors (Lipinski definition) is 2. The molecule has 0 atom stereocenters. The second-order valence-electron chi connectivity index (χ2n) is 3.46. The van der Waals surface area contributed by atoms with Crippen molar-refractivity contribution in [3.8, 4) is 0 Å². The minimum atomic E-state index is -3.73. The standard InChI is InChI=1S/C10H13NO4S/c1-7-3-4-9(5-8(7)2)16(14,15)11-6-10(12)13/h3-5,11H,6H2,1-2H3,(H,12,13). The van der Waals surface area contributed by atoms with E-state index in [9.17, 15) is 13.2 Å². The summed E-state index contributed by atoms with van der Waals surface area (Å²) in [6.45, 7) is 3.05. The van der Waals surface area contributed by atoms with Crippen LogP contribution in [0.4, 0.5) is 0 Å². The third-order valence-electron chi connectivity index (χ3n) is 2.20. The Kier molecular flexibility index (Phi) is 3.66. The summed E-state index contributed by atoms with van der Waals surface area (Å²) < 4.78 is 25.2. The number of benzene rings is 1. The van der Waals surface area contributed by atoms with Crippen LogP contribution < -0.4 is 4.72 Å². The third-order valence-corrected chi connectivity index (χ3v) is 3.60. The second-order valence-corrected chi connectivity index (χ2v) is 5.23. The molecule has 0 aliphatic rings. The number of rotatable bonds is 4. The lowest BCUT2D eigenvalue weighted by atomic mass is 10.1. The average molecular weight is 243 g/mol. The molecule has 0 amide bonds. The van der Waals surface area contributed by atoms with E-state index in [0.717, 1.165) is 11.1 Å². The number of carboxylic acids is 1. The molecule has 1 rings (SSSR count). The van der Waals surface area contributed by atoms with Crippen LogP contribution in [0.5, 0.6) is 0 Å². The van der Waals surface area contributed by atoms with Gasteiger partial charge in [0.2, 0.25) is 10.0 Å². The molecule has 0 bridgehead atoms. The molecule has 1 aromatic rings. The molecule has 0 radical (unpaired) electrons. The lowest BCUT2D eigenvalue weighted by Crippen LogP contribution is -2.29. The van der Waals surface area contributed by atoms with Gasteiger partial charge in [-0.15, -0.1) is 0 Å². The molecule has 0 saturated heterocycles. The van der Waals surface area contributed by atoms with Gasteiger partial charge in [-0.1, -0.05) is 6.07 Å². The molecule has 2 N–H and O–H groups in total. The van der Waals surface area contributed by atoms with Crippen LogP contribution in [0.15, 0.2) is 23.1 Å². The van der Waals surface area contributed by atoms with E-state index >= 15 is 0 Å². The molecule has 0 fully saturated rings. The van der Waals surface area contributed by atoms with Crippen LogP contribution >= 0.6 is 0 Å². The summed E-state index contributed by atoms with van der Waals surface area (Å²) in [5, 5.41) is 8.40. The van der Waals surface area contributed by atoms with Crippen LogP contribution in [-0.4, -0.2) is 26.0 Å². The van der Waals surface area contributed by atoms with Crippen LogP contribution in [0.25, 0.3) is 0 Å². The number of aliphatic carboxylic acids is 1. The van der Waals surface area contributed by atoms with Gasteiger partial charge in [0.15, 0.2) is 0 Å². The van der Waals surface area contributed by atoms with Crippen molar-refractivity contribution >= 4 is 16.0 Å². The van der Waals surface area contributed by atoms with E-state index in [4.69, 9.17) is 5.11 Å². The number of nitrogens with one attached hydrogen (secondary N) is 1. The first-order valence-electron chi connectivity index (χ1n) is 4.61. The largest absolute Gasteiger partial charge is 0.480 e. The predicted octanol–water partition coefficient (Wildman–Crippen LogP) is 0.666. The predicted molar refractivity (Wildman–Crippen MR) is 58.7 cm³/mol. The Labute approximate surface area is 94.2 Å². The molecule has 16 heavy (non-hydrogen) atoms. The highest BCUT2D eigenvalue weighted by Gasteiger charge is 2.15. The molecule has 0 saturated carbocycles. The summed E-state index contributed by atoms with van der Waals surface area (Å²) >= 11 is 0. The first-order chi connectivity index (χ1) is 7.33. The molecular formula is C10H13NO4S. The maximum absolute atomic E-state index is 11.6. The fraction of sp³-hybridized carbons (Fsp3) is 0.300. The van der Waals surface area contributed by atoms with E-state index in [2.05, 4.69) is 0 Å². The molecule has 0 aromatic heterocycles. The number of hydrogen-bond acceptors (Lipinski definition) is 3. The van der Waals surface area contributed by atoms with Crippen molar-refractivity contribution in [2.45, 2.75) is 18.7 Å². The smallest absolute Gasteiger partial charge is 0.318 e. The molecule has 88 valence electrons. The van der Waals surface area contributed by atoms with Crippen LogP contribution in [0.1, 0.15) is 11.1 Å². The van der Waals surface area contributed by atoms with Crippen molar-refractivity contribution in [2.24, 2.45) is 0 Å². The van der Waals surface area contributed by atoms with Gasteiger partial charge in [-0.3, -0.25) is 4.79 Å². The van der Waals surface area contributed by atoms with Gasteiger partial charge in [0, 0.05) is 0 Å². The van der Waals surface area contributed by atoms with Gasteiger partial charge in [0.05, 0.1) is 4.90 Å². The van der Waals surface area contributed by atoms with Crippen LogP contribution in [-0.2, 0) is 14.8 Å². The van der Waals surface area contributed by atoms with Gasteiger partial charge < -0.3 is 5.11 Å². The second kappa shape index (κ2) is 4.63. The summed E-state index contributed by atoms with van der Waals surface area (Å²) in [6, 6.07) is 4.65. The van der Waals surface area contributed by atoms with Crippen molar-refractivity contribution in [2.75, 3.05) is 6.54 Å². The van der Waals surface area contributed by atoms with Crippen molar-refractivity contribution in [1.29, 1.82) is 0 Å². The molecule has 0 aliphatic carbocycles. The Balaban J connectivity index is 2.99. The number of carbonyl (C=O) groups is 1. The number of sulfonamides is 1. The zero-order valence-electron chi connectivity index (χ0n) is 9.02. The van der Waals surface area contributed by atoms with Gasteiger partial charge in [-0.05, 0) is 37.1 Å². The quantitative estimate of drug-likeness (QED) is 0.814. The zero-order valence-corrected chi connectivity index (χ0v) is 9.84. The Morgan fingerprint density at radius 3 is 2.44 bits per heavy atom. The molecule has 0 heterocycles. The van der Waals surface area contributed by atoms with Crippen molar-refractivity contribution in [3.05, 3.63) is 29.3 Å². The molecule has 0 unspecified atom stereocenters. The van der Waals surface area contributed by atoms with Gasteiger partial charge >= 0.3 is 5.97 Å². The summed E-state index contributed by atoms with van der Waals surface area (Å²) in [6.07, 6.45) is 0. The zero-order chi connectivity index (χ0) is 12.3. The highest BCUT2D eigenvalue weighted by molar-refractivity contribution is 7.89. The minimum absolute atomic E-state index is 0.0804. The molecule has 5 nitrogen and oxygen atoms in total. The highest BCUT2D eigenvalue weighted by atomic mass is 32.2. The van der Waals surface area contributed by atoms with E-state index in [1.807, 2.05) is 11.6 Å². The fourth-order valence-electron chi connectivity index (χ4n) is 1.12. The fourth-order valence-corrected chi connectivity index (χ4v) is 2.18. The number of carboxylic acid groups (broad SMARTS) is 1. The maximum Gasteiger partial charge on any atom is 0.318 e. The van der Waals surface area contributed by atoms with Crippen LogP contribution in [0.2, 0.25) is 0 Å². The van der Waals surface area contributed by atoms with E-state index in [0.29, 0.717) is 0 Å². The van der Waals surface area contributed by atoms with E-state index in [1.54, 1.807) is 13.0 Å². The average Bonchev–Trinajstić information content (AvgIpc) is 2.19. The lowest BCUT2D eigenvalue weighted by molar-refractivity contribution is -0.135. The Morgan fingerprint density at radius 2 is 1.94 bits per heavy atom. The Morgan fingerprint density at radius 1 is 1.31 bits per heavy atom. The van der Waals surface area contributed by atoms with Crippen molar-refractivity contribution in [1.82, 2.24) is 4.72 Å². The first kappa shape index (κ1) is 12.7. The van der Waals surface area contributed by atoms with Crippen LogP contribution in [0, 0.1) is 13.8 Å². The third kappa shape index (κ3) is 3.04. The van der Waals surface area contributed by atoms with Gasteiger partial charge in [0.1, 0.15) is 6.54 Å². The first-order valence-corrected chi connectivity index (χ1v) is 6.10. The van der Waals surface area contributed by atoms with E-state index < -0.39 is 22.5 Å². The van der Waals surface area contributed by atoms with E-state index in [1.165, 1.54) is 12.1 Å². The van der Waals surface area contributed by atoms with E-state index in [-0.39, 0.29) is 4.90 Å². The highest BCUT2D eigenvalue weighted by Crippen LogP contribution is 2.14. The van der Waals surface area contributed by atoms with Crippen molar-refractivity contribution < 1.29 is 18.3 Å². The molecule has 0 spiro atoms. The van der Waals surface area contributed by atoms with Gasteiger partial charge in [-0.25, -0.2) is 8.42 Å². The molecular weight excluding hydrogens is 230 g/mol.